The number of rotatable bonds is 6. The molecule has 0 spiro atoms. The highest BCUT2D eigenvalue weighted by atomic mass is 16.5. The minimum Gasteiger partial charge on any atom is -0.447 e. The molecule has 1 aromatic carbocycles. The number of amides is 1. The quantitative estimate of drug-likeness (QED) is 0.824. The third-order valence-electron chi connectivity index (χ3n) is 4.02. The Morgan fingerprint density at radius 3 is 2.58 bits per heavy atom. The van der Waals surface area contributed by atoms with E-state index in [0.29, 0.717) is 22.6 Å². The summed E-state index contributed by atoms with van der Waals surface area (Å²) in [7, 11) is 0. The van der Waals surface area contributed by atoms with Gasteiger partial charge in [-0.1, -0.05) is 35.5 Å². The fourth-order valence-electron chi connectivity index (χ4n) is 2.48. The first kappa shape index (κ1) is 16.2. The Hall–Kier alpha value is -2.63. The number of hydrogen-bond acceptors (Lipinski definition) is 5. The van der Waals surface area contributed by atoms with E-state index in [1.165, 1.54) is 0 Å². The number of aryl methyl sites for hydroxylation is 2. The van der Waals surface area contributed by atoms with Crippen molar-refractivity contribution in [2.45, 2.75) is 45.3 Å². The Morgan fingerprint density at radius 1 is 1.29 bits per heavy atom. The lowest BCUT2D eigenvalue weighted by Gasteiger charge is -2.18. The maximum absolute atomic E-state index is 12.4. The van der Waals surface area contributed by atoms with Gasteiger partial charge in [0.25, 0.3) is 5.91 Å². The highest BCUT2D eigenvalue weighted by molar-refractivity contribution is 5.86. The van der Waals surface area contributed by atoms with Crippen molar-refractivity contribution >= 4 is 11.9 Å². The van der Waals surface area contributed by atoms with Gasteiger partial charge in [0.2, 0.25) is 6.10 Å². The second-order valence-corrected chi connectivity index (χ2v) is 6.04. The van der Waals surface area contributed by atoms with Crippen molar-refractivity contribution in [1.29, 1.82) is 0 Å². The van der Waals surface area contributed by atoms with Crippen molar-refractivity contribution in [2.24, 2.45) is 0 Å². The number of nitrogens with one attached hydrogen (secondary N) is 1. The summed E-state index contributed by atoms with van der Waals surface area (Å²) >= 11 is 0. The molecule has 126 valence electrons. The van der Waals surface area contributed by atoms with Gasteiger partial charge in [-0.05, 0) is 26.7 Å². The molecule has 1 N–H and O–H groups in total. The lowest BCUT2D eigenvalue weighted by Crippen LogP contribution is -2.33. The minimum atomic E-state index is -0.945. The van der Waals surface area contributed by atoms with Crippen LogP contribution in [0.4, 0.5) is 0 Å². The van der Waals surface area contributed by atoms with Gasteiger partial charge in [-0.15, -0.1) is 0 Å². The number of benzene rings is 1. The van der Waals surface area contributed by atoms with Crippen LogP contribution < -0.4 is 5.32 Å². The van der Waals surface area contributed by atoms with Crippen LogP contribution in [0.1, 0.15) is 41.5 Å². The number of esters is 1. The van der Waals surface area contributed by atoms with Crippen LogP contribution in [-0.2, 0) is 20.7 Å². The summed E-state index contributed by atoms with van der Waals surface area (Å²) < 4.78 is 10.5. The van der Waals surface area contributed by atoms with Crippen molar-refractivity contribution in [3.63, 3.8) is 0 Å². The first-order valence-corrected chi connectivity index (χ1v) is 8.01. The van der Waals surface area contributed by atoms with Crippen LogP contribution >= 0.6 is 0 Å². The normalized spacial score (nSPS) is 14.9. The highest BCUT2D eigenvalue weighted by Gasteiger charge is 2.31. The van der Waals surface area contributed by atoms with Crippen LogP contribution in [-0.4, -0.2) is 23.1 Å². The van der Waals surface area contributed by atoms with Gasteiger partial charge in [0.15, 0.2) is 0 Å². The largest absolute Gasteiger partial charge is 0.447 e. The summed E-state index contributed by atoms with van der Waals surface area (Å²) in [5.74, 6) is -0.178. The predicted octanol–water partition coefficient (Wildman–Crippen LogP) is 2.40. The van der Waals surface area contributed by atoms with E-state index in [1.54, 1.807) is 26.0 Å². The third kappa shape index (κ3) is 3.82. The van der Waals surface area contributed by atoms with Crippen LogP contribution in [0.2, 0.25) is 0 Å². The molecular weight excluding hydrogens is 308 g/mol. The summed E-state index contributed by atoms with van der Waals surface area (Å²) in [5.41, 5.74) is 2.01. The standard InChI is InChI=1S/C18H20N2O4/c1-11-15(12(2)24-20-11)10-16(21)23-17(13-6-4-3-5-7-13)18(22)19-14-8-9-14/h3-7,14,17H,8-10H2,1-2H3,(H,19,22)/t17-/m0/s1. The van der Waals surface area contributed by atoms with Gasteiger partial charge in [-0.25, -0.2) is 0 Å². The second-order valence-electron chi connectivity index (χ2n) is 6.04. The lowest BCUT2D eigenvalue weighted by molar-refractivity contribution is -0.156. The predicted molar refractivity (Wildman–Crippen MR) is 86.1 cm³/mol. The molecule has 1 atom stereocenters. The Bertz CT molecular complexity index is 715. The summed E-state index contributed by atoms with van der Waals surface area (Å²) in [5, 5.41) is 6.72. The highest BCUT2D eigenvalue weighted by Crippen LogP contribution is 2.24. The molecule has 3 rings (SSSR count). The van der Waals surface area contributed by atoms with E-state index < -0.39 is 12.1 Å². The molecule has 1 saturated carbocycles. The average Bonchev–Trinajstić information content (AvgIpc) is 3.34. The molecular formula is C18H20N2O4. The zero-order valence-corrected chi connectivity index (χ0v) is 13.7. The molecule has 0 aliphatic heterocycles. The van der Waals surface area contributed by atoms with Crippen molar-refractivity contribution < 1.29 is 18.8 Å². The molecule has 6 heteroatoms. The monoisotopic (exact) mass is 328 g/mol. The zero-order valence-electron chi connectivity index (χ0n) is 13.7. The lowest BCUT2D eigenvalue weighted by atomic mass is 10.1. The van der Waals surface area contributed by atoms with Gasteiger partial charge in [0, 0.05) is 17.2 Å². The Balaban J connectivity index is 1.73. The van der Waals surface area contributed by atoms with Crippen LogP contribution in [0.5, 0.6) is 0 Å². The van der Waals surface area contributed by atoms with Crippen LogP contribution in [0.15, 0.2) is 34.9 Å². The number of carbonyl (C=O) groups excluding carboxylic acids is 2. The first-order chi connectivity index (χ1) is 11.5. The molecule has 1 fully saturated rings. The smallest absolute Gasteiger partial charge is 0.311 e. The van der Waals surface area contributed by atoms with Gasteiger partial charge in [0.05, 0.1) is 12.1 Å². The fraction of sp³-hybridized carbons (Fsp3) is 0.389. The Morgan fingerprint density at radius 2 is 2.00 bits per heavy atom. The van der Waals surface area contributed by atoms with Crippen molar-refractivity contribution in [1.82, 2.24) is 10.5 Å². The van der Waals surface area contributed by atoms with Crippen LogP contribution in [0, 0.1) is 13.8 Å². The maximum Gasteiger partial charge on any atom is 0.311 e. The molecule has 1 aromatic heterocycles. The van der Waals surface area contributed by atoms with Crippen LogP contribution in [0.25, 0.3) is 0 Å². The van der Waals surface area contributed by atoms with Crippen molar-refractivity contribution in [3.8, 4) is 0 Å². The number of hydrogen-bond donors (Lipinski definition) is 1. The Labute approximate surface area is 140 Å². The molecule has 1 aliphatic rings. The average molecular weight is 328 g/mol. The van der Waals surface area contributed by atoms with Gasteiger partial charge in [-0.2, -0.15) is 0 Å². The number of carbonyl (C=O) groups is 2. The molecule has 1 heterocycles. The van der Waals surface area contributed by atoms with E-state index in [0.717, 1.165) is 12.8 Å². The molecule has 6 nitrogen and oxygen atoms in total. The molecule has 0 unspecified atom stereocenters. The summed E-state index contributed by atoms with van der Waals surface area (Å²) in [6, 6.07) is 9.24. The van der Waals surface area contributed by atoms with E-state index in [2.05, 4.69) is 10.5 Å². The molecule has 1 aliphatic carbocycles. The zero-order chi connectivity index (χ0) is 17.1. The van der Waals surface area contributed by atoms with E-state index in [4.69, 9.17) is 9.26 Å². The third-order valence-corrected chi connectivity index (χ3v) is 4.02. The maximum atomic E-state index is 12.4. The van der Waals surface area contributed by atoms with Gasteiger partial charge < -0.3 is 14.6 Å². The van der Waals surface area contributed by atoms with E-state index >= 15 is 0 Å². The minimum absolute atomic E-state index is 0.0290. The van der Waals surface area contributed by atoms with E-state index in [1.807, 2.05) is 18.2 Å². The first-order valence-electron chi connectivity index (χ1n) is 8.01. The molecule has 24 heavy (non-hydrogen) atoms. The van der Waals surface area contributed by atoms with E-state index in [-0.39, 0.29) is 18.4 Å². The number of nitrogens with zero attached hydrogens (tertiary/aromatic N) is 1. The molecule has 2 aromatic rings. The molecule has 0 bridgehead atoms. The number of ether oxygens (including phenoxy) is 1. The Kier molecular flexibility index (Phi) is 4.64. The summed E-state index contributed by atoms with van der Waals surface area (Å²) in [6.07, 6.45) is 1.03. The van der Waals surface area contributed by atoms with Gasteiger partial charge in [0.1, 0.15) is 5.76 Å². The van der Waals surface area contributed by atoms with Crippen molar-refractivity contribution in [3.05, 3.63) is 52.9 Å². The van der Waals surface area contributed by atoms with Gasteiger partial charge >= 0.3 is 5.97 Å². The summed E-state index contributed by atoms with van der Waals surface area (Å²) in [6.45, 7) is 3.52. The van der Waals surface area contributed by atoms with Crippen LogP contribution in [0.3, 0.4) is 0 Å². The van der Waals surface area contributed by atoms with E-state index in [9.17, 15) is 9.59 Å². The fourth-order valence-corrected chi connectivity index (χ4v) is 2.48. The SMILES string of the molecule is Cc1noc(C)c1CC(=O)O[C@H](C(=O)NC1CC1)c1ccccc1. The number of aromatic nitrogens is 1. The topological polar surface area (TPSA) is 81.4 Å². The van der Waals surface area contributed by atoms with Gasteiger partial charge in [-0.3, -0.25) is 9.59 Å². The molecule has 0 saturated heterocycles. The molecule has 1 amide bonds. The summed E-state index contributed by atoms with van der Waals surface area (Å²) in [4.78, 5) is 24.8. The second kappa shape index (κ2) is 6.86. The van der Waals surface area contributed by atoms with Crippen molar-refractivity contribution in [2.75, 3.05) is 0 Å². The molecule has 0 radical (unpaired) electrons.